The zero-order chi connectivity index (χ0) is 11.7. The predicted molar refractivity (Wildman–Crippen MR) is 60.1 cm³/mol. The maximum atomic E-state index is 9.29. The van der Waals surface area contributed by atoms with Gasteiger partial charge in [0.15, 0.2) is 5.82 Å². The molecule has 2 aromatic rings. The molecule has 1 N–H and O–H groups in total. The van der Waals surface area contributed by atoms with Crippen LogP contribution in [0.4, 0.5) is 0 Å². The standard InChI is InChI=1S/C11H11ClN2O2/c1-6-4-3-5-8(9(6)12)11-13-10(7(2)15)14-16-11/h3-5,7,15H,1-2H3. The number of aliphatic hydroxyl groups is 1. The van der Waals surface area contributed by atoms with E-state index in [0.29, 0.717) is 16.5 Å². The Hall–Kier alpha value is -1.39. The van der Waals surface area contributed by atoms with Crippen molar-refractivity contribution in [1.29, 1.82) is 0 Å². The maximum absolute atomic E-state index is 9.29. The van der Waals surface area contributed by atoms with Crippen LogP contribution in [0.15, 0.2) is 22.7 Å². The van der Waals surface area contributed by atoms with Gasteiger partial charge in [0, 0.05) is 0 Å². The topological polar surface area (TPSA) is 59.2 Å². The Kier molecular flexibility index (Phi) is 2.94. The highest BCUT2D eigenvalue weighted by Gasteiger charge is 2.15. The van der Waals surface area contributed by atoms with Gasteiger partial charge in [0.25, 0.3) is 5.89 Å². The van der Waals surface area contributed by atoms with Gasteiger partial charge in [-0.3, -0.25) is 0 Å². The lowest BCUT2D eigenvalue weighted by molar-refractivity contribution is 0.184. The first kappa shape index (κ1) is 11.1. The minimum absolute atomic E-state index is 0.257. The molecule has 0 fully saturated rings. The van der Waals surface area contributed by atoms with Crippen molar-refractivity contribution in [3.8, 4) is 11.5 Å². The van der Waals surface area contributed by atoms with E-state index in [9.17, 15) is 5.11 Å². The average Bonchev–Trinajstić information content (AvgIpc) is 2.71. The number of aliphatic hydroxyl groups excluding tert-OH is 1. The van der Waals surface area contributed by atoms with Crippen LogP contribution < -0.4 is 0 Å². The molecule has 1 heterocycles. The Morgan fingerprint density at radius 2 is 2.19 bits per heavy atom. The van der Waals surface area contributed by atoms with E-state index in [4.69, 9.17) is 16.1 Å². The first-order valence-corrected chi connectivity index (χ1v) is 5.24. The number of nitrogens with zero attached hydrogens (tertiary/aromatic N) is 2. The van der Waals surface area contributed by atoms with Crippen molar-refractivity contribution in [1.82, 2.24) is 10.1 Å². The van der Waals surface area contributed by atoms with Crippen molar-refractivity contribution in [3.05, 3.63) is 34.6 Å². The molecule has 0 saturated heterocycles. The van der Waals surface area contributed by atoms with Gasteiger partial charge in [-0.05, 0) is 25.5 Å². The second-order valence-corrected chi connectivity index (χ2v) is 3.95. The largest absolute Gasteiger partial charge is 0.385 e. The van der Waals surface area contributed by atoms with Gasteiger partial charge >= 0.3 is 0 Å². The maximum Gasteiger partial charge on any atom is 0.259 e. The molecule has 2 rings (SSSR count). The van der Waals surface area contributed by atoms with E-state index in [0.717, 1.165) is 5.56 Å². The lowest BCUT2D eigenvalue weighted by Crippen LogP contribution is -1.93. The minimum atomic E-state index is -0.749. The van der Waals surface area contributed by atoms with E-state index in [2.05, 4.69) is 10.1 Å². The molecular weight excluding hydrogens is 228 g/mol. The van der Waals surface area contributed by atoms with Gasteiger partial charge in [0.05, 0.1) is 10.6 Å². The van der Waals surface area contributed by atoms with E-state index < -0.39 is 6.10 Å². The molecule has 0 amide bonds. The Morgan fingerprint density at radius 3 is 2.81 bits per heavy atom. The van der Waals surface area contributed by atoms with E-state index >= 15 is 0 Å². The number of hydrogen-bond acceptors (Lipinski definition) is 4. The summed E-state index contributed by atoms with van der Waals surface area (Å²) in [5.41, 5.74) is 1.62. The predicted octanol–water partition coefficient (Wildman–Crippen LogP) is 2.75. The molecule has 1 atom stereocenters. The zero-order valence-electron chi connectivity index (χ0n) is 8.94. The third-order valence-corrected chi connectivity index (χ3v) is 2.74. The van der Waals surface area contributed by atoms with Crippen LogP contribution in [0.3, 0.4) is 0 Å². The van der Waals surface area contributed by atoms with Gasteiger partial charge < -0.3 is 9.63 Å². The zero-order valence-corrected chi connectivity index (χ0v) is 9.69. The molecule has 0 aliphatic carbocycles. The van der Waals surface area contributed by atoms with Gasteiger partial charge in [-0.25, -0.2) is 0 Å². The summed E-state index contributed by atoms with van der Waals surface area (Å²) in [7, 11) is 0. The number of rotatable bonds is 2. The fraction of sp³-hybridized carbons (Fsp3) is 0.273. The lowest BCUT2D eigenvalue weighted by Gasteiger charge is -2.01. The summed E-state index contributed by atoms with van der Waals surface area (Å²) in [5.74, 6) is 0.581. The van der Waals surface area contributed by atoms with Gasteiger partial charge in [0.2, 0.25) is 0 Å². The molecule has 1 aromatic heterocycles. The van der Waals surface area contributed by atoms with Gasteiger partial charge in [0.1, 0.15) is 6.10 Å². The fourth-order valence-corrected chi connectivity index (χ4v) is 1.53. The molecule has 0 saturated carbocycles. The number of hydrogen-bond donors (Lipinski definition) is 1. The third kappa shape index (κ3) is 1.94. The third-order valence-electron chi connectivity index (χ3n) is 2.24. The van der Waals surface area contributed by atoms with Gasteiger partial charge in [-0.15, -0.1) is 0 Å². The van der Waals surface area contributed by atoms with Gasteiger partial charge in [-0.2, -0.15) is 4.98 Å². The average molecular weight is 239 g/mol. The second-order valence-electron chi connectivity index (χ2n) is 3.57. The monoisotopic (exact) mass is 238 g/mol. The molecule has 0 radical (unpaired) electrons. The molecule has 0 aliphatic rings. The number of aryl methyl sites for hydroxylation is 1. The molecular formula is C11H11ClN2O2. The van der Waals surface area contributed by atoms with Crippen LogP contribution in [0.25, 0.3) is 11.5 Å². The van der Waals surface area contributed by atoms with E-state index in [1.165, 1.54) is 0 Å². The SMILES string of the molecule is Cc1cccc(-c2nc(C(C)O)no2)c1Cl. The highest BCUT2D eigenvalue weighted by molar-refractivity contribution is 6.33. The summed E-state index contributed by atoms with van der Waals surface area (Å²) in [6.07, 6.45) is -0.749. The van der Waals surface area contributed by atoms with Crippen LogP contribution >= 0.6 is 11.6 Å². The molecule has 1 aromatic carbocycles. The molecule has 1 unspecified atom stereocenters. The Balaban J connectivity index is 2.47. The smallest absolute Gasteiger partial charge is 0.259 e. The molecule has 5 heteroatoms. The van der Waals surface area contributed by atoms with E-state index in [1.54, 1.807) is 13.0 Å². The summed E-state index contributed by atoms with van der Waals surface area (Å²) < 4.78 is 5.04. The number of halogens is 1. The Labute approximate surface area is 97.9 Å². The summed E-state index contributed by atoms with van der Waals surface area (Å²) in [5, 5.41) is 13.5. The molecule has 4 nitrogen and oxygen atoms in total. The first-order chi connectivity index (χ1) is 7.59. The Morgan fingerprint density at radius 1 is 1.44 bits per heavy atom. The minimum Gasteiger partial charge on any atom is -0.385 e. The van der Waals surface area contributed by atoms with E-state index in [-0.39, 0.29) is 5.82 Å². The van der Waals surface area contributed by atoms with Crippen LogP contribution in [0.2, 0.25) is 5.02 Å². The van der Waals surface area contributed by atoms with Crippen LogP contribution in [-0.4, -0.2) is 15.2 Å². The summed E-state index contributed by atoms with van der Waals surface area (Å²) >= 11 is 6.13. The molecule has 0 spiro atoms. The highest BCUT2D eigenvalue weighted by atomic mass is 35.5. The van der Waals surface area contributed by atoms with E-state index in [1.807, 2.05) is 19.1 Å². The van der Waals surface area contributed by atoms with Crippen LogP contribution in [0, 0.1) is 6.92 Å². The second kappa shape index (κ2) is 4.23. The normalized spacial score (nSPS) is 12.8. The molecule has 16 heavy (non-hydrogen) atoms. The lowest BCUT2D eigenvalue weighted by atomic mass is 10.1. The summed E-state index contributed by atoms with van der Waals surface area (Å²) in [6.45, 7) is 3.48. The first-order valence-electron chi connectivity index (χ1n) is 4.86. The van der Waals surface area contributed by atoms with Crippen molar-refractivity contribution in [2.45, 2.75) is 20.0 Å². The van der Waals surface area contributed by atoms with Crippen molar-refractivity contribution in [2.75, 3.05) is 0 Å². The fourth-order valence-electron chi connectivity index (χ4n) is 1.33. The van der Waals surface area contributed by atoms with Crippen LogP contribution in [-0.2, 0) is 0 Å². The van der Waals surface area contributed by atoms with Crippen LogP contribution in [0.1, 0.15) is 24.4 Å². The summed E-state index contributed by atoms with van der Waals surface area (Å²) in [6, 6.07) is 5.56. The Bertz CT molecular complexity index is 508. The van der Waals surface area contributed by atoms with Crippen molar-refractivity contribution in [3.63, 3.8) is 0 Å². The van der Waals surface area contributed by atoms with Crippen molar-refractivity contribution in [2.24, 2.45) is 0 Å². The van der Waals surface area contributed by atoms with Gasteiger partial charge in [-0.1, -0.05) is 28.9 Å². The van der Waals surface area contributed by atoms with Crippen molar-refractivity contribution >= 4 is 11.6 Å². The van der Waals surface area contributed by atoms with Crippen molar-refractivity contribution < 1.29 is 9.63 Å². The summed E-state index contributed by atoms with van der Waals surface area (Å²) in [4.78, 5) is 4.07. The number of aromatic nitrogens is 2. The molecule has 0 bridgehead atoms. The molecule has 0 aliphatic heterocycles. The molecule has 84 valence electrons. The van der Waals surface area contributed by atoms with Crippen LogP contribution in [0.5, 0.6) is 0 Å². The highest BCUT2D eigenvalue weighted by Crippen LogP contribution is 2.29. The number of benzene rings is 1. The quantitative estimate of drug-likeness (QED) is 0.874.